The molecule has 0 bridgehead atoms. The van der Waals surface area contributed by atoms with Crippen LogP contribution in [0.5, 0.6) is 11.5 Å². The summed E-state index contributed by atoms with van der Waals surface area (Å²) in [6, 6.07) is 7.68. The highest BCUT2D eigenvalue weighted by Crippen LogP contribution is 2.28. The molecule has 5 nitrogen and oxygen atoms in total. The summed E-state index contributed by atoms with van der Waals surface area (Å²) in [5.74, 6) is 1.51. The molecule has 0 aliphatic rings. The molecule has 0 spiro atoms. The number of hydrogen-bond donors (Lipinski definition) is 1. The molecule has 108 valence electrons. The van der Waals surface area contributed by atoms with E-state index in [9.17, 15) is 0 Å². The van der Waals surface area contributed by atoms with Crippen LogP contribution in [0.15, 0.2) is 24.3 Å². The molecule has 0 aliphatic carbocycles. The van der Waals surface area contributed by atoms with Crippen molar-refractivity contribution in [2.75, 3.05) is 18.5 Å². The predicted octanol–water partition coefficient (Wildman–Crippen LogP) is 3.34. The van der Waals surface area contributed by atoms with E-state index in [4.69, 9.17) is 9.47 Å². The summed E-state index contributed by atoms with van der Waals surface area (Å²) in [6.45, 7) is 6.02. The highest BCUT2D eigenvalue weighted by atomic mass is 32.1. The zero-order chi connectivity index (χ0) is 14.2. The maximum absolute atomic E-state index is 5.77. The van der Waals surface area contributed by atoms with E-state index in [-0.39, 0.29) is 0 Å². The molecule has 0 aliphatic heterocycles. The molecule has 2 aromatic rings. The van der Waals surface area contributed by atoms with Crippen LogP contribution in [-0.2, 0) is 6.61 Å². The molecule has 0 saturated carbocycles. The van der Waals surface area contributed by atoms with Gasteiger partial charge in [0.05, 0.1) is 6.61 Å². The highest BCUT2D eigenvalue weighted by molar-refractivity contribution is 7.15. The zero-order valence-corrected chi connectivity index (χ0v) is 12.6. The predicted molar refractivity (Wildman–Crippen MR) is 80.6 cm³/mol. The summed E-state index contributed by atoms with van der Waals surface area (Å²) in [7, 11) is 0. The van der Waals surface area contributed by atoms with Gasteiger partial charge < -0.3 is 14.8 Å². The van der Waals surface area contributed by atoms with Gasteiger partial charge in [0.2, 0.25) is 5.13 Å². The topological polar surface area (TPSA) is 56.3 Å². The lowest BCUT2D eigenvalue weighted by atomic mass is 10.3. The number of nitrogens with zero attached hydrogens (tertiary/aromatic N) is 2. The average molecular weight is 293 g/mol. The summed E-state index contributed by atoms with van der Waals surface area (Å²) in [4.78, 5) is 0. The fourth-order valence-corrected chi connectivity index (χ4v) is 2.30. The number of ether oxygens (including phenoxy) is 2. The van der Waals surface area contributed by atoms with Gasteiger partial charge in [-0.3, -0.25) is 0 Å². The van der Waals surface area contributed by atoms with Crippen molar-refractivity contribution in [2.24, 2.45) is 0 Å². The minimum absolute atomic E-state index is 0.398. The standard InChI is InChI=1S/C14H19N3O2S/c1-3-9-18-11-7-5-6-8-12(11)19-10-13-16-17-14(20-13)15-4-2/h5-8H,3-4,9-10H2,1-2H3,(H,15,17). The molecule has 0 fully saturated rings. The first kappa shape index (κ1) is 14.6. The molecule has 0 amide bonds. The van der Waals surface area contributed by atoms with Crippen LogP contribution in [0.3, 0.4) is 0 Å². The minimum Gasteiger partial charge on any atom is -0.490 e. The van der Waals surface area contributed by atoms with Crippen LogP contribution < -0.4 is 14.8 Å². The molecular weight excluding hydrogens is 274 g/mol. The van der Waals surface area contributed by atoms with E-state index in [1.165, 1.54) is 11.3 Å². The number of para-hydroxylation sites is 2. The van der Waals surface area contributed by atoms with Gasteiger partial charge in [-0.1, -0.05) is 30.4 Å². The molecule has 0 unspecified atom stereocenters. The van der Waals surface area contributed by atoms with Crippen LogP contribution in [0.2, 0.25) is 0 Å². The molecule has 1 heterocycles. The van der Waals surface area contributed by atoms with E-state index in [2.05, 4.69) is 22.4 Å². The zero-order valence-electron chi connectivity index (χ0n) is 11.8. The van der Waals surface area contributed by atoms with E-state index >= 15 is 0 Å². The monoisotopic (exact) mass is 293 g/mol. The quantitative estimate of drug-likeness (QED) is 0.809. The Balaban J connectivity index is 1.95. The van der Waals surface area contributed by atoms with Crippen LogP contribution >= 0.6 is 11.3 Å². The molecule has 1 aromatic carbocycles. The first-order valence-electron chi connectivity index (χ1n) is 6.74. The summed E-state index contributed by atoms with van der Waals surface area (Å²) in [5.41, 5.74) is 0. The van der Waals surface area contributed by atoms with Crippen molar-refractivity contribution in [1.82, 2.24) is 10.2 Å². The lowest BCUT2D eigenvalue weighted by Crippen LogP contribution is -2.00. The smallest absolute Gasteiger partial charge is 0.205 e. The van der Waals surface area contributed by atoms with Crippen molar-refractivity contribution in [3.63, 3.8) is 0 Å². The summed E-state index contributed by atoms with van der Waals surface area (Å²) >= 11 is 1.50. The van der Waals surface area contributed by atoms with E-state index < -0.39 is 0 Å². The number of anilines is 1. The molecule has 1 aromatic heterocycles. The van der Waals surface area contributed by atoms with Gasteiger partial charge in [0, 0.05) is 6.54 Å². The maximum atomic E-state index is 5.77. The first-order valence-corrected chi connectivity index (χ1v) is 7.56. The van der Waals surface area contributed by atoms with Crippen molar-refractivity contribution in [1.29, 1.82) is 0 Å². The second kappa shape index (κ2) is 7.69. The van der Waals surface area contributed by atoms with Gasteiger partial charge in [0.1, 0.15) is 6.61 Å². The third-order valence-corrected chi connectivity index (χ3v) is 3.31. The maximum Gasteiger partial charge on any atom is 0.205 e. The largest absolute Gasteiger partial charge is 0.490 e. The van der Waals surface area contributed by atoms with Crippen LogP contribution in [0.25, 0.3) is 0 Å². The number of aromatic nitrogens is 2. The normalized spacial score (nSPS) is 10.3. The van der Waals surface area contributed by atoms with Gasteiger partial charge in [0.25, 0.3) is 0 Å². The number of rotatable bonds is 8. The summed E-state index contributed by atoms with van der Waals surface area (Å²) in [6.07, 6.45) is 0.969. The Labute approximate surface area is 123 Å². The van der Waals surface area contributed by atoms with E-state index in [1.54, 1.807) is 0 Å². The van der Waals surface area contributed by atoms with Gasteiger partial charge in [-0.15, -0.1) is 10.2 Å². The van der Waals surface area contributed by atoms with Gasteiger partial charge in [-0.05, 0) is 25.5 Å². The molecule has 0 saturated heterocycles. The second-order valence-corrected chi connectivity index (χ2v) is 5.18. The van der Waals surface area contributed by atoms with Gasteiger partial charge in [0.15, 0.2) is 16.5 Å². The Hall–Kier alpha value is -1.82. The van der Waals surface area contributed by atoms with Crippen molar-refractivity contribution in [3.05, 3.63) is 29.3 Å². The average Bonchev–Trinajstić information content (AvgIpc) is 2.92. The Bertz CT molecular complexity index is 531. The van der Waals surface area contributed by atoms with Crippen LogP contribution in [0.4, 0.5) is 5.13 Å². The lowest BCUT2D eigenvalue weighted by molar-refractivity contribution is 0.261. The first-order chi connectivity index (χ1) is 9.83. The molecule has 0 radical (unpaired) electrons. The minimum atomic E-state index is 0.398. The number of hydrogen-bond acceptors (Lipinski definition) is 6. The van der Waals surface area contributed by atoms with E-state index in [1.807, 2.05) is 31.2 Å². The van der Waals surface area contributed by atoms with Crippen molar-refractivity contribution in [3.8, 4) is 11.5 Å². The number of nitrogens with one attached hydrogen (secondary N) is 1. The SMILES string of the molecule is CCCOc1ccccc1OCc1nnc(NCC)s1. The van der Waals surface area contributed by atoms with Crippen LogP contribution in [0.1, 0.15) is 25.3 Å². The molecular formula is C14H19N3O2S. The lowest BCUT2D eigenvalue weighted by Gasteiger charge is -2.10. The molecule has 20 heavy (non-hydrogen) atoms. The fraction of sp³-hybridized carbons (Fsp3) is 0.429. The van der Waals surface area contributed by atoms with Gasteiger partial charge in [-0.2, -0.15) is 0 Å². The van der Waals surface area contributed by atoms with Crippen molar-refractivity contribution < 1.29 is 9.47 Å². The van der Waals surface area contributed by atoms with E-state index in [0.29, 0.717) is 13.2 Å². The molecule has 0 atom stereocenters. The van der Waals surface area contributed by atoms with Crippen molar-refractivity contribution in [2.45, 2.75) is 26.9 Å². The molecule has 6 heteroatoms. The fourth-order valence-electron chi connectivity index (χ4n) is 1.57. The number of benzene rings is 1. The Kier molecular flexibility index (Phi) is 5.61. The Morgan fingerprint density at radius 1 is 1.10 bits per heavy atom. The van der Waals surface area contributed by atoms with Gasteiger partial charge >= 0.3 is 0 Å². The Morgan fingerprint density at radius 2 is 1.85 bits per heavy atom. The Morgan fingerprint density at radius 3 is 2.55 bits per heavy atom. The van der Waals surface area contributed by atoms with Gasteiger partial charge in [-0.25, -0.2) is 0 Å². The third kappa shape index (κ3) is 4.09. The summed E-state index contributed by atoms with van der Waals surface area (Å²) in [5, 5.41) is 12.9. The van der Waals surface area contributed by atoms with Crippen LogP contribution in [0, 0.1) is 0 Å². The second-order valence-electron chi connectivity index (χ2n) is 4.12. The highest BCUT2D eigenvalue weighted by Gasteiger charge is 2.07. The molecule has 1 N–H and O–H groups in total. The van der Waals surface area contributed by atoms with Crippen LogP contribution in [-0.4, -0.2) is 23.3 Å². The summed E-state index contributed by atoms with van der Waals surface area (Å²) < 4.78 is 11.4. The van der Waals surface area contributed by atoms with E-state index in [0.717, 1.165) is 34.6 Å². The molecule has 2 rings (SSSR count). The van der Waals surface area contributed by atoms with Crippen molar-refractivity contribution >= 4 is 16.5 Å². The third-order valence-electron chi connectivity index (χ3n) is 2.46.